The summed E-state index contributed by atoms with van der Waals surface area (Å²) >= 11 is 0. The first-order chi connectivity index (χ1) is 7.46. The first-order valence-corrected chi connectivity index (χ1v) is 5.64. The summed E-state index contributed by atoms with van der Waals surface area (Å²) in [5.74, 6) is -0.801. The summed E-state index contributed by atoms with van der Waals surface area (Å²) in [5.41, 5.74) is -0.321. The highest BCUT2D eigenvalue weighted by Crippen LogP contribution is 2.29. The summed E-state index contributed by atoms with van der Waals surface area (Å²) in [6, 6.07) is 0. The third kappa shape index (κ3) is 3.20. The van der Waals surface area contributed by atoms with Crippen molar-refractivity contribution in [2.24, 2.45) is 5.41 Å². The second kappa shape index (κ2) is 5.30. The Morgan fingerprint density at radius 2 is 1.94 bits per heavy atom. The lowest BCUT2D eigenvalue weighted by Gasteiger charge is -2.35. The van der Waals surface area contributed by atoms with Gasteiger partial charge in [-0.1, -0.05) is 6.92 Å². The van der Waals surface area contributed by atoms with E-state index >= 15 is 0 Å². The molecule has 0 aromatic carbocycles. The van der Waals surface area contributed by atoms with Gasteiger partial charge in [0.05, 0.1) is 6.42 Å². The number of hydrogen-bond donors (Lipinski definition) is 2. The minimum atomic E-state index is -0.866. The van der Waals surface area contributed by atoms with Gasteiger partial charge in [0.15, 0.2) is 0 Å². The molecule has 1 aliphatic heterocycles. The molecule has 1 saturated heterocycles. The van der Waals surface area contributed by atoms with Gasteiger partial charge in [-0.2, -0.15) is 0 Å². The molecule has 1 fully saturated rings. The Kier molecular flexibility index (Phi) is 4.29. The molecule has 92 valence electrons. The fourth-order valence-electron chi connectivity index (χ4n) is 2.02. The molecule has 1 heterocycles. The second-order valence-electron chi connectivity index (χ2n) is 4.68. The summed E-state index contributed by atoms with van der Waals surface area (Å²) in [6.07, 6.45) is 1.66. The van der Waals surface area contributed by atoms with Gasteiger partial charge in [0.25, 0.3) is 0 Å². The molecule has 16 heavy (non-hydrogen) atoms. The number of rotatable bonds is 4. The second-order valence-corrected chi connectivity index (χ2v) is 4.68. The molecule has 0 atom stereocenters. The van der Waals surface area contributed by atoms with E-state index in [2.05, 4.69) is 5.32 Å². The van der Waals surface area contributed by atoms with E-state index in [4.69, 9.17) is 5.11 Å². The largest absolute Gasteiger partial charge is 0.481 e. The van der Waals surface area contributed by atoms with Crippen molar-refractivity contribution in [3.63, 3.8) is 0 Å². The standard InChI is InChI=1S/C11H20N2O3/c1-11(4-6-12-7-5-11)10(16)13(2)8-3-9(14)15/h12H,3-8H2,1-2H3,(H,14,15). The molecule has 0 aromatic rings. The third-order valence-electron chi connectivity index (χ3n) is 3.23. The van der Waals surface area contributed by atoms with Crippen LogP contribution in [0.1, 0.15) is 26.2 Å². The molecule has 1 amide bonds. The Morgan fingerprint density at radius 1 is 1.38 bits per heavy atom. The number of piperidine rings is 1. The van der Waals surface area contributed by atoms with Crippen LogP contribution in [0.15, 0.2) is 0 Å². The van der Waals surface area contributed by atoms with Gasteiger partial charge in [-0.15, -0.1) is 0 Å². The lowest BCUT2D eigenvalue weighted by molar-refractivity contribution is -0.143. The molecule has 0 saturated carbocycles. The number of nitrogens with one attached hydrogen (secondary N) is 1. The molecule has 2 N–H and O–H groups in total. The van der Waals surface area contributed by atoms with Crippen molar-refractivity contribution >= 4 is 11.9 Å². The summed E-state index contributed by atoms with van der Waals surface area (Å²) in [4.78, 5) is 24.1. The molecule has 0 unspecified atom stereocenters. The van der Waals surface area contributed by atoms with Crippen molar-refractivity contribution in [2.75, 3.05) is 26.7 Å². The zero-order valence-corrected chi connectivity index (χ0v) is 9.95. The minimum absolute atomic E-state index is 0.0105. The Balaban J connectivity index is 2.51. The van der Waals surface area contributed by atoms with Gasteiger partial charge in [-0.3, -0.25) is 9.59 Å². The number of nitrogens with zero attached hydrogens (tertiary/aromatic N) is 1. The highest BCUT2D eigenvalue weighted by Gasteiger charge is 2.36. The van der Waals surface area contributed by atoms with Crippen molar-refractivity contribution in [2.45, 2.75) is 26.2 Å². The smallest absolute Gasteiger partial charge is 0.305 e. The van der Waals surface area contributed by atoms with Gasteiger partial charge in [0, 0.05) is 19.0 Å². The third-order valence-corrected chi connectivity index (χ3v) is 3.23. The SMILES string of the molecule is CN(CCC(=O)O)C(=O)C1(C)CCNCC1. The quantitative estimate of drug-likeness (QED) is 0.726. The monoisotopic (exact) mass is 228 g/mol. The number of carbonyl (C=O) groups excluding carboxylic acids is 1. The van der Waals surface area contributed by atoms with E-state index in [0.29, 0.717) is 0 Å². The van der Waals surface area contributed by atoms with Gasteiger partial charge in [0.2, 0.25) is 5.91 Å². The van der Waals surface area contributed by atoms with Crippen molar-refractivity contribution in [3.8, 4) is 0 Å². The van der Waals surface area contributed by atoms with Crippen molar-refractivity contribution in [3.05, 3.63) is 0 Å². The molecule has 5 heteroatoms. The molecule has 5 nitrogen and oxygen atoms in total. The van der Waals surface area contributed by atoms with Crippen LogP contribution in [0.25, 0.3) is 0 Å². The van der Waals surface area contributed by atoms with Gasteiger partial charge in [-0.25, -0.2) is 0 Å². The van der Waals surface area contributed by atoms with Crippen LogP contribution in [0.2, 0.25) is 0 Å². The number of carboxylic acids is 1. The Labute approximate surface area is 95.8 Å². The molecule has 1 rings (SSSR count). The van der Waals surface area contributed by atoms with Crippen LogP contribution in [0, 0.1) is 5.41 Å². The normalized spacial score (nSPS) is 19.1. The van der Waals surface area contributed by atoms with E-state index in [1.165, 1.54) is 0 Å². The molecule has 0 aliphatic carbocycles. The van der Waals surface area contributed by atoms with E-state index in [9.17, 15) is 9.59 Å². The van der Waals surface area contributed by atoms with E-state index in [1.807, 2.05) is 6.92 Å². The maximum absolute atomic E-state index is 12.1. The number of carboxylic acid groups (broad SMARTS) is 1. The molecular weight excluding hydrogens is 208 g/mol. The van der Waals surface area contributed by atoms with Crippen LogP contribution in [-0.4, -0.2) is 48.6 Å². The van der Waals surface area contributed by atoms with Crippen molar-refractivity contribution < 1.29 is 14.7 Å². The molecular formula is C11H20N2O3. The van der Waals surface area contributed by atoms with Crippen LogP contribution in [0.3, 0.4) is 0 Å². The molecule has 0 radical (unpaired) electrons. The minimum Gasteiger partial charge on any atom is -0.481 e. The summed E-state index contributed by atoms with van der Waals surface area (Å²) in [6.45, 7) is 3.97. The molecule has 0 aromatic heterocycles. The van der Waals surface area contributed by atoms with Crippen molar-refractivity contribution in [1.82, 2.24) is 10.2 Å². The predicted molar refractivity (Wildman–Crippen MR) is 60.1 cm³/mol. The molecule has 0 bridgehead atoms. The Hall–Kier alpha value is -1.10. The van der Waals surface area contributed by atoms with E-state index in [1.54, 1.807) is 11.9 Å². The number of carbonyl (C=O) groups is 2. The predicted octanol–water partition coefficient (Wildman–Crippen LogP) is 0.309. The number of amides is 1. The van der Waals surface area contributed by atoms with Crippen LogP contribution < -0.4 is 5.32 Å². The van der Waals surface area contributed by atoms with E-state index in [0.717, 1.165) is 25.9 Å². The maximum Gasteiger partial charge on any atom is 0.305 e. The number of hydrogen-bond acceptors (Lipinski definition) is 3. The Bertz CT molecular complexity index is 272. The number of aliphatic carboxylic acids is 1. The Morgan fingerprint density at radius 3 is 2.44 bits per heavy atom. The highest BCUT2D eigenvalue weighted by molar-refractivity contribution is 5.82. The first-order valence-electron chi connectivity index (χ1n) is 5.64. The highest BCUT2D eigenvalue weighted by atomic mass is 16.4. The van der Waals surface area contributed by atoms with Crippen LogP contribution in [0.5, 0.6) is 0 Å². The molecule has 1 aliphatic rings. The van der Waals surface area contributed by atoms with E-state index < -0.39 is 5.97 Å². The average Bonchev–Trinajstić information content (AvgIpc) is 2.25. The van der Waals surface area contributed by atoms with Gasteiger partial charge < -0.3 is 15.3 Å². The topological polar surface area (TPSA) is 69.6 Å². The zero-order valence-electron chi connectivity index (χ0n) is 9.95. The van der Waals surface area contributed by atoms with Gasteiger partial charge in [0.1, 0.15) is 0 Å². The van der Waals surface area contributed by atoms with E-state index in [-0.39, 0.29) is 24.3 Å². The van der Waals surface area contributed by atoms with Crippen LogP contribution in [-0.2, 0) is 9.59 Å². The summed E-state index contributed by atoms with van der Waals surface area (Å²) < 4.78 is 0. The summed E-state index contributed by atoms with van der Waals surface area (Å²) in [7, 11) is 1.68. The van der Waals surface area contributed by atoms with Gasteiger partial charge in [-0.05, 0) is 25.9 Å². The first kappa shape index (κ1) is 13.0. The van der Waals surface area contributed by atoms with Gasteiger partial charge >= 0.3 is 5.97 Å². The maximum atomic E-state index is 12.1. The van der Waals surface area contributed by atoms with Crippen molar-refractivity contribution in [1.29, 1.82) is 0 Å². The lowest BCUT2D eigenvalue weighted by Crippen LogP contribution is -2.46. The lowest BCUT2D eigenvalue weighted by atomic mass is 9.79. The fourth-order valence-corrected chi connectivity index (χ4v) is 2.02. The zero-order chi connectivity index (χ0) is 12.2. The van der Waals surface area contributed by atoms with Crippen LogP contribution in [0.4, 0.5) is 0 Å². The van der Waals surface area contributed by atoms with Crippen LogP contribution >= 0.6 is 0 Å². The molecule has 0 spiro atoms. The average molecular weight is 228 g/mol. The fraction of sp³-hybridized carbons (Fsp3) is 0.818. The summed E-state index contributed by atoms with van der Waals surface area (Å²) in [5, 5.41) is 11.8.